The van der Waals surface area contributed by atoms with Gasteiger partial charge in [-0.25, -0.2) is 0 Å². The number of piperazine rings is 2. The van der Waals surface area contributed by atoms with Crippen molar-refractivity contribution in [2.45, 2.75) is 25.2 Å². The number of likely N-dealkylation sites (N-methyl/N-ethyl adjacent to an activating group) is 1. The molecule has 1 aromatic rings. The molecule has 28 heavy (non-hydrogen) atoms. The minimum absolute atomic E-state index is 0.0362. The van der Waals surface area contributed by atoms with Crippen molar-refractivity contribution < 1.29 is 22.8 Å². The third-order valence-electron chi connectivity index (χ3n) is 5.31. The van der Waals surface area contributed by atoms with Gasteiger partial charge in [-0.3, -0.25) is 14.5 Å². The predicted molar refractivity (Wildman–Crippen MR) is 97.3 cm³/mol. The SMILES string of the molecule is CN1CCN(C(=O)C[C@@H]2C(=O)NCCN2Cc2cccc(C(F)(F)F)c2)CC1. The van der Waals surface area contributed by atoms with Gasteiger partial charge >= 0.3 is 6.18 Å². The van der Waals surface area contributed by atoms with E-state index in [4.69, 9.17) is 0 Å². The van der Waals surface area contributed by atoms with Gasteiger partial charge in [0, 0.05) is 45.8 Å². The van der Waals surface area contributed by atoms with Gasteiger partial charge in [-0.15, -0.1) is 0 Å². The Morgan fingerprint density at radius 3 is 2.57 bits per heavy atom. The van der Waals surface area contributed by atoms with Crippen molar-refractivity contribution >= 4 is 11.8 Å². The van der Waals surface area contributed by atoms with Crippen LogP contribution < -0.4 is 5.32 Å². The van der Waals surface area contributed by atoms with Crippen LogP contribution in [0.3, 0.4) is 0 Å². The summed E-state index contributed by atoms with van der Waals surface area (Å²) in [6.07, 6.45) is -4.37. The summed E-state index contributed by atoms with van der Waals surface area (Å²) in [4.78, 5) is 30.7. The van der Waals surface area contributed by atoms with Crippen molar-refractivity contribution in [2.24, 2.45) is 0 Å². The Balaban J connectivity index is 1.69. The largest absolute Gasteiger partial charge is 0.416 e. The van der Waals surface area contributed by atoms with Gasteiger partial charge in [-0.1, -0.05) is 18.2 Å². The van der Waals surface area contributed by atoms with Crippen LogP contribution in [0, 0.1) is 0 Å². The lowest BCUT2D eigenvalue weighted by molar-refractivity contribution is -0.140. The zero-order valence-electron chi connectivity index (χ0n) is 15.8. The first-order chi connectivity index (χ1) is 13.2. The minimum atomic E-state index is -4.41. The van der Waals surface area contributed by atoms with E-state index in [0.29, 0.717) is 31.7 Å². The molecule has 2 heterocycles. The van der Waals surface area contributed by atoms with Crippen LogP contribution in [0.1, 0.15) is 17.5 Å². The maximum Gasteiger partial charge on any atom is 0.416 e. The lowest BCUT2D eigenvalue weighted by Crippen LogP contribution is -2.57. The number of amides is 2. The highest BCUT2D eigenvalue weighted by molar-refractivity contribution is 5.88. The molecule has 0 bridgehead atoms. The highest BCUT2D eigenvalue weighted by Crippen LogP contribution is 2.30. The fourth-order valence-corrected chi connectivity index (χ4v) is 3.60. The van der Waals surface area contributed by atoms with Gasteiger partial charge in [-0.2, -0.15) is 13.2 Å². The van der Waals surface area contributed by atoms with Crippen molar-refractivity contribution in [1.82, 2.24) is 20.0 Å². The molecule has 0 radical (unpaired) electrons. The first kappa shape index (κ1) is 20.6. The van der Waals surface area contributed by atoms with Gasteiger partial charge in [0.25, 0.3) is 0 Å². The lowest BCUT2D eigenvalue weighted by atomic mass is 10.0. The van der Waals surface area contributed by atoms with Gasteiger partial charge in [0.2, 0.25) is 11.8 Å². The molecule has 1 N–H and O–H groups in total. The van der Waals surface area contributed by atoms with E-state index in [0.717, 1.165) is 25.2 Å². The number of alkyl halides is 3. The summed E-state index contributed by atoms with van der Waals surface area (Å²) < 4.78 is 38.9. The van der Waals surface area contributed by atoms with Gasteiger partial charge < -0.3 is 15.1 Å². The van der Waals surface area contributed by atoms with Gasteiger partial charge in [-0.05, 0) is 18.7 Å². The summed E-state index contributed by atoms with van der Waals surface area (Å²) in [6, 6.07) is 4.44. The Kier molecular flexibility index (Phi) is 6.24. The van der Waals surface area contributed by atoms with Crippen molar-refractivity contribution in [3.8, 4) is 0 Å². The fourth-order valence-electron chi connectivity index (χ4n) is 3.60. The molecule has 9 heteroatoms. The molecule has 0 unspecified atom stereocenters. The molecule has 0 aromatic heterocycles. The third-order valence-corrected chi connectivity index (χ3v) is 5.31. The first-order valence-corrected chi connectivity index (χ1v) is 9.38. The topological polar surface area (TPSA) is 55.9 Å². The number of halogens is 3. The molecule has 2 amide bonds. The molecule has 2 aliphatic rings. The molecule has 3 rings (SSSR count). The van der Waals surface area contributed by atoms with E-state index in [1.807, 2.05) is 7.05 Å². The average Bonchev–Trinajstić information content (AvgIpc) is 2.64. The fraction of sp³-hybridized carbons (Fsp3) is 0.579. The number of rotatable bonds is 4. The number of hydrogen-bond acceptors (Lipinski definition) is 4. The Labute approximate surface area is 162 Å². The number of benzene rings is 1. The molecular formula is C19H25F3N4O2. The lowest BCUT2D eigenvalue weighted by Gasteiger charge is -2.37. The average molecular weight is 398 g/mol. The first-order valence-electron chi connectivity index (χ1n) is 9.38. The summed E-state index contributed by atoms with van der Waals surface area (Å²) in [5, 5.41) is 2.76. The van der Waals surface area contributed by atoms with Crippen LogP contribution in [0.5, 0.6) is 0 Å². The number of carbonyl (C=O) groups excluding carboxylic acids is 2. The quantitative estimate of drug-likeness (QED) is 0.828. The van der Waals surface area contributed by atoms with E-state index in [2.05, 4.69) is 10.2 Å². The molecule has 0 aliphatic carbocycles. The number of carbonyl (C=O) groups is 2. The Morgan fingerprint density at radius 1 is 1.18 bits per heavy atom. The molecule has 2 aliphatic heterocycles. The van der Waals surface area contributed by atoms with Crippen molar-refractivity contribution in [3.63, 3.8) is 0 Å². The second-order valence-corrected chi connectivity index (χ2v) is 7.36. The molecule has 2 saturated heterocycles. The summed E-state index contributed by atoms with van der Waals surface area (Å²) in [6.45, 7) is 3.92. The molecule has 2 fully saturated rings. The van der Waals surface area contributed by atoms with Gasteiger partial charge in [0.15, 0.2) is 0 Å². The van der Waals surface area contributed by atoms with Crippen LogP contribution in [0.15, 0.2) is 24.3 Å². The number of hydrogen-bond donors (Lipinski definition) is 1. The third kappa shape index (κ3) is 5.02. The normalized spacial score (nSPS) is 22.2. The zero-order valence-corrected chi connectivity index (χ0v) is 15.8. The maximum atomic E-state index is 13.0. The number of nitrogens with zero attached hydrogens (tertiary/aromatic N) is 3. The second-order valence-electron chi connectivity index (χ2n) is 7.36. The Bertz CT molecular complexity index is 717. The summed E-state index contributed by atoms with van der Waals surface area (Å²) >= 11 is 0. The van der Waals surface area contributed by atoms with Crippen molar-refractivity contribution in [1.29, 1.82) is 0 Å². The van der Waals surface area contributed by atoms with E-state index in [-0.39, 0.29) is 24.8 Å². The smallest absolute Gasteiger partial charge is 0.353 e. The summed E-state index contributed by atoms with van der Waals surface area (Å²) in [7, 11) is 1.99. The monoisotopic (exact) mass is 398 g/mol. The molecular weight excluding hydrogens is 373 g/mol. The molecule has 0 spiro atoms. The standard InChI is InChI=1S/C19H25F3N4O2/c1-24-7-9-25(10-8-24)17(27)12-16-18(28)23-5-6-26(16)13-14-3-2-4-15(11-14)19(20,21)22/h2-4,11,16H,5-10,12-13H2,1H3,(H,23,28)/t16-/m1/s1. The molecule has 0 saturated carbocycles. The van der Waals surface area contributed by atoms with Crippen LogP contribution in [0.2, 0.25) is 0 Å². The predicted octanol–water partition coefficient (Wildman–Crippen LogP) is 1.17. The van der Waals surface area contributed by atoms with E-state index in [1.165, 1.54) is 6.07 Å². The zero-order chi connectivity index (χ0) is 20.3. The molecule has 1 atom stereocenters. The van der Waals surface area contributed by atoms with E-state index < -0.39 is 17.8 Å². The summed E-state index contributed by atoms with van der Waals surface area (Å²) in [5.74, 6) is -0.343. The molecule has 154 valence electrons. The van der Waals surface area contributed by atoms with Crippen LogP contribution in [-0.2, 0) is 22.3 Å². The van der Waals surface area contributed by atoms with E-state index >= 15 is 0 Å². The van der Waals surface area contributed by atoms with Gasteiger partial charge in [0.05, 0.1) is 18.0 Å². The second kappa shape index (κ2) is 8.48. The molecule has 1 aromatic carbocycles. The Hall–Kier alpha value is -2.13. The highest BCUT2D eigenvalue weighted by Gasteiger charge is 2.34. The maximum absolute atomic E-state index is 13.0. The van der Waals surface area contributed by atoms with E-state index in [1.54, 1.807) is 15.9 Å². The number of nitrogens with one attached hydrogen (secondary N) is 1. The van der Waals surface area contributed by atoms with Crippen LogP contribution in [-0.4, -0.2) is 78.9 Å². The minimum Gasteiger partial charge on any atom is -0.353 e. The highest BCUT2D eigenvalue weighted by atomic mass is 19.4. The Morgan fingerprint density at radius 2 is 1.89 bits per heavy atom. The van der Waals surface area contributed by atoms with Crippen LogP contribution in [0.4, 0.5) is 13.2 Å². The van der Waals surface area contributed by atoms with Gasteiger partial charge in [0.1, 0.15) is 0 Å². The van der Waals surface area contributed by atoms with Crippen LogP contribution >= 0.6 is 0 Å². The van der Waals surface area contributed by atoms with E-state index in [9.17, 15) is 22.8 Å². The van der Waals surface area contributed by atoms with Crippen molar-refractivity contribution in [3.05, 3.63) is 35.4 Å². The molecule has 6 nitrogen and oxygen atoms in total. The summed E-state index contributed by atoms with van der Waals surface area (Å²) in [5.41, 5.74) is -0.238. The van der Waals surface area contributed by atoms with Crippen molar-refractivity contribution in [2.75, 3.05) is 46.3 Å². The van der Waals surface area contributed by atoms with Crippen LogP contribution in [0.25, 0.3) is 0 Å².